The fourth-order valence-electron chi connectivity index (χ4n) is 2.69. The number of methoxy groups -OCH3 is 2. The number of rotatable bonds is 5. The van der Waals surface area contributed by atoms with Crippen molar-refractivity contribution in [1.82, 2.24) is 4.90 Å². The molecule has 0 amide bonds. The van der Waals surface area contributed by atoms with E-state index in [1.165, 1.54) is 5.56 Å². The van der Waals surface area contributed by atoms with Gasteiger partial charge in [-0.1, -0.05) is 30.3 Å². The zero-order chi connectivity index (χ0) is 12.8. The Morgan fingerprint density at radius 3 is 2.67 bits per heavy atom. The lowest BCUT2D eigenvalue weighted by Gasteiger charge is -2.37. The van der Waals surface area contributed by atoms with Crippen LogP contribution in [0.2, 0.25) is 0 Å². The minimum absolute atomic E-state index is 0.294. The highest BCUT2D eigenvalue weighted by Gasteiger charge is 2.28. The van der Waals surface area contributed by atoms with Crippen LogP contribution in [0.3, 0.4) is 0 Å². The summed E-state index contributed by atoms with van der Waals surface area (Å²) in [7, 11) is 3.57. The van der Waals surface area contributed by atoms with E-state index in [0.717, 1.165) is 32.7 Å². The van der Waals surface area contributed by atoms with Gasteiger partial charge in [-0.2, -0.15) is 0 Å². The van der Waals surface area contributed by atoms with Crippen LogP contribution in [0.1, 0.15) is 12.0 Å². The first-order valence-corrected chi connectivity index (χ1v) is 6.61. The SMILES string of the molecule is COCC1CCN(Cc2ccccc2)CC1OC. The Labute approximate surface area is 110 Å². The summed E-state index contributed by atoms with van der Waals surface area (Å²) in [4.78, 5) is 2.47. The standard InChI is InChI=1S/C15H23NO2/c1-17-12-14-8-9-16(11-15(14)18-2)10-13-6-4-3-5-7-13/h3-7,14-15H,8-12H2,1-2H3. The molecule has 1 aliphatic heterocycles. The van der Waals surface area contributed by atoms with Crippen molar-refractivity contribution in [2.24, 2.45) is 5.92 Å². The molecule has 0 aliphatic carbocycles. The Morgan fingerprint density at radius 1 is 1.22 bits per heavy atom. The number of piperidine rings is 1. The number of hydrogen-bond donors (Lipinski definition) is 0. The Kier molecular flexibility index (Phi) is 5.17. The monoisotopic (exact) mass is 249 g/mol. The molecule has 100 valence electrons. The summed E-state index contributed by atoms with van der Waals surface area (Å²) < 4.78 is 10.9. The summed E-state index contributed by atoms with van der Waals surface area (Å²) in [5.41, 5.74) is 1.37. The molecule has 1 aromatic rings. The summed E-state index contributed by atoms with van der Waals surface area (Å²) in [5.74, 6) is 0.534. The quantitative estimate of drug-likeness (QED) is 0.798. The van der Waals surface area contributed by atoms with E-state index in [2.05, 4.69) is 35.2 Å². The Bertz CT molecular complexity index is 342. The molecular formula is C15H23NO2. The lowest BCUT2D eigenvalue weighted by molar-refractivity contribution is -0.0389. The van der Waals surface area contributed by atoms with Gasteiger partial charge in [0.05, 0.1) is 12.7 Å². The van der Waals surface area contributed by atoms with Crippen molar-refractivity contribution in [3.8, 4) is 0 Å². The van der Waals surface area contributed by atoms with Gasteiger partial charge in [0.1, 0.15) is 0 Å². The van der Waals surface area contributed by atoms with Crippen LogP contribution in [0.15, 0.2) is 30.3 Å². The highest BCUT2D eigenvalue weighted by molar-refractivity contribution is 5.14. The molecule has 0 radical (unpaired) electrons. The first kappa shape index (κ1) is 13.5. The minimum Gasteiger partial charge on any atom is -0.384 e. The third-order valence-corrected chi connectivity index (χ3v) is 3.71. The number of hydrogen-bond acceptors (Lipinski definition) is 3. The Hall–Kier alpha value is -0.900. The van der Waals surface area contributed by atoms with Crippen molar-refractivity contribution in [2.45, 2.75) is 19.1 Å². The normalized spacial score (nSPS) is 25.2. The predicted molar refractivity (Wildman–Crippen MR) is 72.5 cm³/mol. The number of ether oxygens (including phenoxy) is 2. The van der Waals surface area contributed by atoms with Crippen molar-refractivity contribution in [3.05, 3.63) is 35.9 Å². The lowest BCUT2D eigenvalue weighted by Crippen LogP contribution is -2.45. The second kappa shape index (κ2) is 6.88. The number of nitrogens with zero attached hydrogens (tertiary/aromatic N) is 1. The third kappa shape index (κ3) is 3.55. The molecule has 0 saturated carbocycles. The lowest BCUT2D eigenvalue weighted by atomic mass is 9.94. The maximum Gasteiger partial charge on any atom is 0.0748 e. The maximum absolute atomic E-state index is 5.60. The largest absolute Gasteiger partial charge is 0.384 e. The third-order valence-electron chi connectivity index (χ3n) is 3.71. The average molecular weight is 249 g/mol. The van der Waals surface area contributed by atoms with Crippen molar-refractivity contribution in [1.29, 1.82) is 0 Å². The van der Waals surface area contributed by atoms with E-state index in [4.69, 9.17) is 9.47 Å². The van der Waals surface area contributed by atoms with E-state index in [1.54, 1.807) is 14.2 Å². The first-order chi connectivity index (χ1) is 8.83. The summed E-state index contributed by atoms with van der Waals surface area (Å²) in [6.45, 7) is 3.94. The average Bonchev–Trinajstić information content (AvgIpc) is 2.42. The summed E-state index contributed by atoms with van der Waals surface area (Å²) in [6, 6.07) is 10.6. The van der Waals surface area contributed by atoms with E-state index >= 15 is 0 Å². The maximum atomic E-state index is 5.60. The van der Waals surface area contributed by atoms with E-state index in [9.17, 15) is 0 Å². The molecular weight excluding hydrogens is 226 g/mol. The molecule has 3 nitrogen and oxygen atoms in total. The number of benzene rings is 1. The molecule has 1 aliphatic rings. The smallest absolute Gasteiger partial charge is 0.0748 e. The van der Waals surface area contributed by atoms with Gasteiger partial charge in [0.15, 0.2) is 0 Å². The van der Waals surface area contributed by atoms with Crippen molar-refractivity contribution in [2.75, 3.05) is 33.9 Å². The zero-order valence-corrected chi connectivity index (χ0v) is 11.3. The van der Waals surface area contributed by atoms with Crippen LogP contribution >= 0.6 is 0 Å². The minimum atomic E-state index is 0.294. The summed E-state index contributed by atoms with van der Waals surface area (Å²) in [6.07, 6.45) is 1.45. The molecule has 2 unspecified atom stereocenters. The fourth-order valence-corrected chi connectivity index (χ4v) is 2.69. The van der Waals surface area contributed by atoms with Gasteiger partial charge in [0.2, 0.25) is 0 Å². The van der Waals surface area contributed by atoms with Crippen molar-refractivity contribution < 1.29 is 9.47 Å². The number of likely N-dealkylation sites (tertiary alicyclic amines) is 1. The van der Waals surface area contributed by atoms with Gasteiger partial charge < -0.3 is 9.47 Å². The highest BCUT2D eigenvalue weighted by atomic mass is 16.5. The van der Waals surface area contributed by atoms with E-state index in [0.29, 0.717) is 12.0 Å². The second-order valence-electron chi connectivity index (χ2n) is 5.00. The van der Waals surface area contributed by atoms with Gasteiger partial charge in [-0.25, -0.2) is 0 Å². The molecule has 3 heteroatoms. The van der Waals surface area contributed by atoms with E-state index in [-0.39, 0.29) is 0 Å². The van der Waals surface area contributed by atoms with Crippen molar-refractivity contribution >= 4 is 0 Å². The molecule has 1 fully saturated rings. The van der Waals surface area contributed by atoms with Crippen LogP contribution in [0, 0.1) is 5.92 Å². The van der Waals surface area contributed by atoms with Gasteiger partial charge in [-0.3, -0.25) is 4.90 Å². The Morgan fingerprint density at radius 2 is 2.00 bits per heavy atom. The van der Waals surface area contributed by atoms with Crippen LogP contribution < -0.4 is 0 Å². The predicted octanol–water partition coefficient (Wildman–Crippen LogP) is 2.17. The molecule has 2 atom stereocenters. The molecule has 18 heavy (non-hydrogen) atoms. The molecule has 0 spiro atoms. The molecule has 0 bridgehead atoms. The first-order valence-electron chi connectivity index (χ1n) is 6.61. The Balaban J connectivity index is 1.89. The zero-order valence-electron chi connectivity index (χ0n) is 11.3. The van der Waals surface area contributed by atoms with E-state index in [1.807, 2.05) is 0 Å². The van der Waals surface area contributed by atoms with Crippen LogP contribution in [-0.2, 0) is 16.0 Å². The fraction of sp³-hybridized carbons (Fsp3) is 0.600. The van der Waals surface area contributed by atoms with Crippen LogP contribution in [0.4, 0.5) is 0 Å². The summed E-state index contributed by atoms with van der Waals surface area (Å²) in [5, 5.41) is 0. The van der Waals surface area contributed by atoms with Gasteiger partial charge >= 0.3 is 0 Å². The van der Waals surface area contributed by atoms with Gasteiger partial charge in [-0.15, -0.1) is 0 Å². The highest BCUT2D eigenvalue weighted by Crippen LogP contribution is 2.21. The molecule has 0 aromatic heterocycles. The molecule has 2 rings (SSSR count). The van der Waals surface area contributed by atoms with E-state index < -0.39 is 0 Å². The molecule has 1 heterocycles. The van der Waals surface area contributed by atoms with Gasteiger partial charge in [0, 0.05) is 33.2 Å². The van der Waals surface area contributed by atoms with Crippen LogP contribution in [0.25, 0.3) is 0 Å². The van der Waals surface area contributed by atoms with Crippen molar-refractivity contribution in [3.63, 3.8) is 0 Å². The second-order valence-corrected chi connectivity index (χ2v) is 5.00. The molecule has 1 aromatic carbocycles. The van der Waals surface area contributed by atoms with Crippen LogP contribution in [-0.4, -0.2) is 44.9 Å². The molecule has 1 saturated heterocycles. The van der Waals surface area contributed by atoms with Gasteiger partial charge in [-0.05, 0) is 18.5 Å². The molecule has 0 N–H and O–H groups in total. The van der Waals surface area contributed by atoms with Gasteiger partial charge in [0.25, 0.3) is 0 Å². The van der Waals surface area contributed by atoms with Crippen LogP contribution in [0.5, 0.6) is 0 Å². The topological polar surface area (TPSA) is 21.7 Å². The summed E-state index contributed by atoms with van der Waals surface area (Å²) >= 11 is 0.